The van der Waals surface area contributed by atoms with Crippen LogP contribution in [0.4, 0.5) is 5.69 Å². The number of benzene rings is 1. The highest BCUT2D eigenvalue weighted by Gasteiger charge is 2.22. The number of hydrogen-bond acceptors (Lipinski definition) is 5. The standard InChI is InChI=1S/C20H20N4OS/c21-14-7-8-16-13(10-14)4-3-6-17(16)24-19(25)11-15-12-26-20(23-15)18-5-1-2-9-22-18/h1-2,5,7-10,12,17H,3-4,6,11,21H2,(H,24,25). The highest BCUT2D eigenvalue weighted by molar-refractivity contribution is 7.13. The Morgan fingerprint density at radius 1 is 1.31 bits per heavy atom. The highest BCUT2D eigenvalue weighted by atomic mass is 32.1. The number of amides is 1. The van der Waals surface area contributed by atoms with Gasteiger partial charge in [0, 0.05) is 17.3 Å². The number of hydrogen-bond donors (Lipinski definition) is 2. The molecule has 5 nitrogen and oxygen atoms in total. The Kier molecular flexibility index (Phi) is 4.67. The summed E-state index contributed by atoms with van der Waals surface area (Å²) in [7, 11) is 0. The summed E-state index contributed by atoms with van der Waals surface area (Å²) in [5.74, 6) is -0.00227. The molecule has 0 radical (unpaired) electrons. The Labute approximate surface area is 156 Å². The summed E-state index contributed by atoms with van der Waals surface area (Å²) in [6, 6.07) is 11.8. The topological polar surface area (TPSA) is 80.9 Å². The fraction of sp³-hybridized carbons (Fsp3) is 0.250. The molecule has 1 aliphatic rings. The van der Waals surface area contributed by atoms with E-state index in [1.165, 1.54) is 22.5 Å². The summed E-state index contributed by atoms with van der Waals surface area (Å²) in [5.41, 5.74) is 10.7. The van der Waals surface area contributed by atoms with Gasteiger partial charge in [-0.1, -0.05) is 12.1 Å². The van der Waals surface area contributed by atoms with Crippen molar-refractivity contribution in [1.29, 1.82) is 0 Å². The predicted molar refractivity (Wildman–Crippen MR) is 104 cm³/mol. The van der Waals surface area contributed by atoms with Gasteiger partial charge in [0.1, 0.15) is 5.01 Å². The first kappa shape index (κ1) is 16.7. The number of carbonyl (C=O) groups excluding carboxylic acids is 1. The minimum absolute atomic E-state index is 0.00227. The molecule has 2 aromatic heterocycles. The molecule has 0 bridgehead atoms. The maximum absolute atomic E-state index is 12.5. The van der Waals surface area contributed by atoms with Crippen molar-refractivity contribution < 1.29 is 4.79 Å². The number of fused-ring (bicyclic) bond motifs is 1. The third-order valence-corrected chi connectivity index (χ3v) is 5.51. The Balaban J connectivity index is 1.43. The number of nitrogens with zero attached hydrogens (tertiary/aromatic N) is 2. The number of aromatic nitrogens is 2. The van der Waals surface area contributed by atoms with E-state index in [1.807, 2.05) is 41.8 Å². The van der Waals surface area contributed by atoms with E-state index in [0.717, 1.165) is 41.3 Å². The first-order valence-electron chi connectivity index (χ1n) is 8.72. The first-order chi connectivity index (χ1) is 12.7. The van der Waals surface area contributed by atoms with Crippen LogP contribution in [-0.4, -0.2) is 15.9 Å². The number of rotatable bonds is 4. The van der Waals surface area contributed by atoms with E-state index in [2.05, 4.69) is 15.3 Å². The van der Waals surface area contributed by atoms with E-state index in [9.17, 15) is 4.79 Å². The zero-order valence-corrected chi connectivity index (χ0v) is 15.1. The largest absolute Gasteiger partial charge is 0.399 e. The number of pyridine rings is 1. The summed E-state index contributed by atoms with van der Waals surface area (Å²) < 4.78 is 0. The van der Waals surface area contributed by atoms with Crippen molar-refractivity contribution in [3.05, 3.63) is 64.8 Å². The van der Waals surface area contributed by atoms with Gasteiger partial charge in [-0.15, -0.1) is 11.3 Å². The van der Waals surface area contributed by atoms with Crippen LogP contribution in [0, 0.1) is 0 Å². The van der Waals surface area contributed by atoms with Gasteiger partial charge < -0.3 is 11.1 Å². The molecule has 6 heteroatoms. The molecular weight excluding hydrogens is 344 g/mol. The summed E-state index contributed by atoms with van der Waals surface area (Å²) in [6.45, 7) is 0. The maximum atomic E-state index is 12.5. The number of thiazole rings is 1. The predicted octanol–water partition coefficient (Wildman–Crippen LogP) is 3.52. The van der Waals surface area contributed by atoms with Gasteiger partial charge in [0.25, 0.3) is 0 Å². The highest BCUT2D eigenvalue weighted by Crippen LogP contribution is 2.31. The molecule has 4 rings (SSSR count). The number of nitrogens with two attached hydrogens (primary N) is 1. The van der Waals surface area contributed by atoms with Gasteiger partial charge >= 0.3 is 0 Å². The molecular formula is C20H20N4OS. The zero-order valence-electron chi connectivity index (χ0n) is 14.3. The molecule has 0 spiro atoms. The minimum atomic E-state index is -0.00227. The second-order valence-electron chi connectivity index (χ2n) is 6.51. The number of nitrogens with one attached hydrogen (secondary N) is 1. The van der Waals surface area contributed by atoms with Crippen molar-refractivity contribution in [1.82, 2.24) is 15.3 Å². The van der Waals surface area contributed by atoms with Crippen LogP contribution in [0.25, 0.3) is 10.7 Å². The van der Waals surface area contributed by atoms with Gasteiger partial charge in [-0.3, -0.25) is 9.78 Å². The second-order valence-corrected chi connectivity index (χ2v) is 7.36. The Morgan fingerprint density at radius 3 is 3.08 bits per heavy atom. The van der Waals surface area contributed by atoms with Gasteiger partial charge in [0.2, 0.25) is 5.91 Å². The maximum Gasteiger partial charge on any atom is 0.226 e. The smallest absolute Gasteiger partial charge is 0.226 e. The molecule has 1 unspecified atom stereocenters. The zero-order chi connectivity index (χ0) is 17.9. The van der Waals surface area contributed by atoms with Crippen LogP contribution in [0.3, 0.4) is 0 Å². The van der Waals surface area contributed by atoms with E-state index >= 15 is 0 Å². The van der Waals surface area contributed by atoms with Crippen molar-refractivity contribution in [2.24, 2.45) is 0 Å². The molecule has 0 fully saturated rings. The molecule has 26 heavy (non-hydrogen) atoms. The van der Waals surface area contributed by atoms with Crippen molar-refractivity contribution in [2.45, 2.75) is 31.7 Å². The van der Waals surface area contributed by atoms with E-state index in [1.54, 1.807) is 6.20 Å². The molecule has 2 heterocycles. The van der Waals surface area contributed by atoms with Crippen LogP contribution >= 0.6 is 11.3 Å². The minimum Gasteiger partial charge on any atom is -0.399 e. The van der Waals surface area contributed by atoms with E-state index in [-0.39, 0.29) is 18.4 Å². The average Bonchev–Trinajstić information content (AvgIpc) is 3.11. The normalized spacial score (nSPS) is 16.1. The van der Waals surface area contributed by atoms with Crippen molar-refractivity contribution in [3.63, 3.8) is 0 Å². The van der Waals surface area contributed by atoms with Crippen LogP contribution in [0.1, 0.15) is 35.7 Å². The Bertz CT molecular complexity index is 923. The molecule has 3 N–H and O–H groups in total. The molecule has 1 amide bonds. The SMILES string of the molecule is Nc1ccc2c(c1)CCCC2NC(=O)Cc1csc(-c2ccccn2)n1. The van der Waals surface area contributed by atoms with Crippen LogP contribution < -0.4 is 11.1 Å². The lowest BCUT2D eigenvalue weighted by Crippen LogP contribution is -2.32. The number of nitrogen functional groups attached to an aromatic ring is 1. The lowest BCUT2D eigenvalue weighted by molar-refractivity contribution is -0.121. The third kappa shape index (κ3) is 3.60. The first-order valence-corrected chi connectivity index (χ1v) is 9.60. The lowest BCUT2D eigenvalue weighted by atomic mass is 9.87. The molecule has 132 valence electrons. The molecule has 1 aliphatic carbocycles. The summed E-state index contributed by atoms with van der Waals surface area (Å²) >= 11 is 1.51. The summed E-state index contributed by atoms with van der Waals surface area (Å²) in [5, 5.41) is 5.93. The van der Waals surface area contributed by atoms with Gasteiger partial charge in [0.15, 0.2) is 0 Å². The van der Waals surface area contributed by atoms with Crippen molar-refractivity contribution in [3.8, 4) is 10.7 Å². The molecule has 0 aliphatic heterocycles. The molecule has 0 saturated heterocycles. The van der Waals surface area contributed by atoms with Crippen molar-refractivity contribution >= 4 is 22.9 Å². The Hall–Kier alpha value is -2.73. The van der Waals surface area contributed by atoms with Crippen LogP contribution in [-0.2, 0) is 17.6 Å². The monoisotopic (exact) mass is 364 g/mol. The van der Waals surface area contributed by atoms with Crippen LogP contribution in [0.2, 0.25) is 0 Å². The lowest BCUT2D eigenvalue weighted by Gasteiger charge is -2.26. The fourth-order valence-corrected chi connectivity index (χ4v) is 4.18. The number of carbonyl (C=O) groups is 1. The molecule has 3 aromatic rings. The van der Waals surface area contributed by atoms with E-state index < -0.39 is 0 Å². The van der Waals surface area contributed by atoms with E-state index in [0.29, 0.717) is 0 Å². The van der Waals surface area contributed by atoms with E-state index in [4.69, 9.17) is 5.73 Å². The van der Waals surface area contributed by atoms with Gasteiger partial charge in [0.05, 0.1) is 23.9 Å². The summed E-state index contributed by atoms with van der Waals surface area (Å²) in [6.07, 6.45) is 5.06. The van der Waals surface area contributed by atoms with Crippen molar-refractivity contribution in [2.75, 3.05) is 5.73 Å². The fourth-order valence-electron chi connectivity index (χ4n) is 3.39. The number of aryl methyl sites for hydroxylation is 1. The second kappa shape index (κ2) is 7.25. The average molecular weight is 364 g/mol. The van der Waals surface area contributed by atoms with Crippen LogP contribution in [0.5, 0.6) is 0 Å². The van der Waals surface area contributed by atoms with Gasteiger partial charge in [-0.2, -0.15) is 0 Å². The van der Waals surface area contributed by atoms with Gasteiger partial charge in [-0.25, -0.2) is 4.98 Å². The number of anilines is 1. The Morgan fingerprint density at radius 2 is 2.23 bits per heavy atom. The quantitative estimate of drug-likeness (QED) is 0.694. The molecule has 0 saturated carbocycles. The van der Waals surface area contributed by atoms with Crippen LogP contribution in [0.15, 0.2) is 48.0 Å². The molecule has 1 aromatic carbocycles. The third-order valence-electron chi connectivity index (χ3n) is 4.59. The molecule has 1 atom stereocenters. The summed E-state index contributed by atoms with van der Waals surface area (Å²) in [4.78, 5) is 21.4. The van der Waals surface area contributed by atoms with Gasteiger partial charge in [-0.05, 0) is 54.7 Å².